The van der Waals surface area contributed by atoms with Gasteiger partial charge in [-0.2, -0.15) is 0 Å². The molecule has 0 saturated heterocycles. The minimum atomic E-state index is -0.615. The van der Waals surface area contributed by atoms with Gasteiger partial charge in [0.2, 0.25) is 0 Å². The molecule has 1 amide bonds. The second-order valence-electron chi connectivity index (χ2n) is 6.26. The number of hydrogen-bond donors (Lipinski definition) is 1. The zero-order valence-electron chi connectivity index (χ0n) is 14.7. The number of nitrogens with zero attached hydrogens (tertiary/aromatic N) is 1. The molecule has 2 aromatic rings. The number of nitrogens with one attached hydrogen (secondary N) is 1. The Morgan fingerprint density at radius 1 is 1.26 bits per heavy atom. The van der Waals surface area contributed by atoms with Crippen molar-refractivity contribution in [3.8, 4) is 6.07 Å². The van der Waals surface area contributed by atoms with Crippen LogP contribution in [0.5, 0.6) is 0 Å². The van der Waals surface area contributed by atoms with Gasteiger partial charge in [0.25, 0.3) is 0 Å². The van der Waals surface area contributed by atoms with Crippen molar-refractivity contribution in [2.75, 3.05) is 0 Å². The molecule has 1 atom stereocenters. The molecule has 4 nitrogen and oxygen atoms in total. The predicted molar refractivity (Wildman–Crippen MR) is 101 cm³/mol. The van der Waals surface area contributed by atoms with Crippen molar-refractivity contribution >= 4 is 26.6 Å². The fourth-order valence-electron chi connectivity index (χ4n) is 2.92. The monoisotopic (exact) mass is 428 g/mol. The first-order valence-corrected chi connectivity index (χ1v) is 10.5. The molecule has 6 heteroatoms. The number of aryl methyl sites for hydroxylation is 1. The van der Waals surface area contributed by atoms with E-state index >= 15 is 0 Å². The summed E-state index contributed by atoms with van der Waals surface area (Å²) in [6, 6.07) is 15.6. The molecule has 0 aromatic heterocycles. The molecular formula is C21H17FN2O2Se. The Hall–Kier alpha value is -2.74. The Kier molecular flexibility index (Phi) is 5.85. The predicted octanol–water partition coefficient (Wildman–Crippen LogP) is 3.48. The number of amides is 1. The van der Waals surface area contributed by atoms with E-state index in [2.05, 4.69) is 11.4 Å². The van der Waals surface area contributed by atoms with Gasteiger partial charge >= 0.3 is 163 Å². The standard InChI is InChI=1S/C21H17FN2O2Se/c1-13-6-8-14(9-7-13)19(25)12-27-21-17(11-23)16(10-20(26)24-21)15-4-2-3-5-18(15)22/h2-9,16H,10,12H2,1H3,(H,24,26). The van der Waals surface area contributed by atoms with E-state index < -0.39 is 26.7 Å². The van der Waals surface area contributed by atoms with Crippen LogP contribution < -0.4 is 5.32 Å². The molecule has 0 radical (unpaired) electrons. The van der Waals surface area contributed by atoms with E-state index in [0.29, 0.717) is 21.3 Å². The van der Waals surface area contributed by atoms with Crippen LogP contribution in [0, 0.1) is 24.1 Å². The average Bonchev–Trinajstić information content (AvgIpc) is 2.66. The van der Waals surface area contributed by atoms with Gasteiger partial charge in [0.15, 0.2) is 0 Å². The second-order valence-corrected chi connectivity index (χ2v) is 8.33. The molecule has 1 N–H and O–H groups in total. The van der Waals surface area contributed by atoms with Gasteiger partial charge in [-0.3, -0.25) is 0 Å². The van der Waals surface area contributed by atoms with Gasteiger partial charge in [0.05, 0.1) is 0 Å². The van der Waals surface area contributed by atoms with Gasteiger partial charge in [-0.25, -0.2) is 0 Å². The van der Waals surface area contributed by atoms with Crippen LogP contribution in [0.25, 0.3) is 0 Å². The third kappa shape index (κ3) is 4.33. The number of allylic oxidation sites excluding steroid dienone is 1. The molecule has 1 heterocycles. The Balaban J connectivity index is 1.84. The zero-order chi connectivity index (χ0) is 19.4. The van der Waals surface area contributed by atoms with Crippen LogP contribution in [-0.4, -0.2) is 26.6 Å². The van der Waals surface area contributed by atoms with Gasteiger partial charge in [-0.1, -0.05) is 0 Å². The molecule has 0 fully saturated rings. The van der Waals surface area contributed by atoms with Crippen LogP contribution in [0.2, 0.25) is 5.32 Å². The van der Waals surface area contributed by atoms with E-state index in [4.69, 9.17) is 0 Å². The van der Waals surface area contributed by atoms with Crippen molar-refractivity contribution in [2.24, 2.45) is 0 Å². The van der Waals surface area contributed by atoms with Gasteiger partial charge in [-0.15, -0.1) is 0 Å². The fourth-order valence-corrected chi connectivity index (χ4v) is 4.96. The Bertz CT molecular complexity index is 961. The molecular weight excluding hydrogens is 410 g/mol. The molecule has 2 aromatic carbocycles. The summed E-state index contributed by atoms with van der Waals surface area (Å²) in [5, 5.41) is 12.6. The number of Topliss-reactive ketones (excluding diaryl/α,β-unsaturated/α-hetero) is 1. The van der Waals surface area contributed by atoms with E-state index in [1.807, 2.05) is 19.1 Å². The summed E-state index contributed by atoms with van der Waals surface area (Å²) in [5.41, 5.74) is 2.35. The van der Waals surface area contributed by atoms with Gasteiger partial charge in [-0.05, 0) is 0 Å². The van der Waals surface area contributed by atoms with Crippen LogP contribution in [-0.2, 0) is 4.79 Å². The van der Waals surface area contributed by atoms with E-state index in [-0.39, 0.29) is 23.4 Å². The SMILES string of the molecule is Cc1ccc(C(=O)C[Se]C2=C(C#N)C(c3ccccc3F)CC(=O)N2)cc1. The molecule has 1 unspecified atom stereocenters. The molecule has 0 saturated carbocycles. The molecule has 136 valence electrons. The maximum absolute atomic E-state index is 14.2. The van der Waals surface area contributed by atoms with E-state index in [1.54, 1.807) is 30.3 Å². The first-order chi connectivity index (χ1) is 13.0. The van der Waals surface area contributed by atoms with Gasteiger partial charge < -0.3 is 0 Å². The van der Waals surface area contributed by atoms with Crippen molar-refractivity contribution in [3.05, 3.63) is 81.2 Å². The number of ketones is 1. The quantitative estimate of drug-likeness (QED) is 0.587. The summed E-state index contributed by atoms with van der Waals surface area (Å²) in [6.07, 6.45) is 0.0231. The first-order valence-electron chi connectivity index (χ1n) is 8.41. The third-order valence-corrected chi connectivity index (χ3v) is 6.49. The average molecular weight is 427 g/mol. The molecule has 0 aliphatic carbocycles. The zero-order valence-corrected chi connectivity index (χ0v) is 16.4. The summed E-state index contributed by atoms with van der Waals surface area (Å²) >= 11 is -0.424. The second kappa shape index (κ2) is 8.30. The summed E-state index contributed by atoms with van der Waals surface area (Å²) in [6.45, 7) is 1.95. The summed E-state index contributed by atoms with van der Waals surface area (Å²) in [5.74, 6) is -1.35. The Morgan fingerprint density at radius 2 is 1.96 bits per heavy atom. The van der Waals surface area contributed by atoms with Crippen LogP contribution in [0.15, 0.2) is 58.7 Å². The normalized spacial score (nSPS) is 16.6. The summed E-state index contributed by atoms with van der Waals surface area (Å²) in [4.78, 5) is 24.5. The minimum absolute atomic E-state index is 0.0231. The molecule has 3 rings (SSSR count). The van der Waals surface area contributed by atoms with Crippen molar-refractivity contribution in [3.63, 3.8) is 0 Å². The molecule has 1 aliphatic heterocycles. The molecule has 1 aliphatic rings. The van der Waals surface area contributed by atoms with Gasteiger partial charge in [0.1, 0.15) is 0 Å². The number of benzene rings is 2. The van der Waals surface area contributed by atoms with Gasteiger partial charge in [0, 0.05) is 0 Å². The third-order valence-electron chi connectivity index (χ3n) is 4.36. The van der Waals surface area contributed by atoms with E-state index in [0.717, 1.165) is 5.56 Å². The molecule has 0 spiro atoms. The molecule has 0 bridgehead atoms. The summed E-state index contributed by atoms with van der Waals surface area (Å²) in [7, 11) is 0. The van der Waals surface area contributed by atoms with E-state index in [1.165, 1.54) is 6.07 Å². The van der Waals surface area contributed by atoms with Crippen molar-refractivity contribution in [1.29, 1.82) is 5.26 Å². The number of carbonyl (C=O) groups excluding carboxylic acids is 2. The fraction of sp³-hybridized carbons (Fsp3) is 0.190. The number of carbonyl (C=O) groups is 2. The van der Waals surface area contributed by atoms with Crippen molar-refractivity contribution in [1.82, 2.24) is 5.32 Å². The van der Waals surface area contributed by atoms with Crippen LogP contribution in [0.3, 0.4) is 0 Å². The van der Waals surface area contributed by atoms with Crippen molar-refractivity contribution in [2.45, 2.75) is 24.6 Å². The van der Waals surface area contributed by atoms with Crippen molar-refractivity contribution < 1.29 is 14.0 Å². The summed E-state index contributed by atoms with van der Waals surface area (Å²) < 4.78 is 14.7. The maximum atomic E-state index is 14.2. The first kappa shape index (κ1) is 19.0. The van der Waals surface area contributed by atoms with Crippen LogP contribution in [0.4, 0.5) is 4.39 Å². The van der Waals surface area contributed by atoms with E-state index in [9.17, 15) is 19.2 Å². The van der Waals surface area contributed by atoms with Crippen LogP contribution in [0.1, 0.15) is 33.8 Å². The topological polar surface area (TPSA) is 70.0 Å². The number of nitriles is 1. The number of hydrogen-bond acceptors (Lipinski definition) is 3. The molecule has 27 heavy (non-hydrogen) atoms. The van der Waals surface area contributed by atoms with Crippen LogP contribution >= 0.6 is 0 Å². The Morgan fingerprint density at radius 3 is 2.63 bits per heavy atom. The Labute approximate surface area is 163 Å². The number of halogens is 1. The number of rotatable bonds is 5.